The molecule has 2 fully saturated rings. The van der Waals surface area contributed by atoms with E-state index in [1.165, 1.54) is 25.7 Å². The topological polar surface area (TPSA) is 29.1 Å². The van der Waals surface area contributed by atoms with Crippen LogP contribution < -0.4 is 5.32 Å². The van der Waals surface area contributed by atoms with E-state index >= 15 is 0 Å². The second-order valence-corrected chi connectivity index (χ2v) is 6.61. The molecule has 1 amide bonds. The van der Waals surface area contributed by atoms with Crippen LogP contribution in [0.15, 0.2) is 24.3 Å². The zero-order chi connectivity index (χ0) is 13.9. The van der Waals surface area contributed by atoms with Crippen molar-refractivity contribution in [3.05, 3.63) is 34.9 Å². The number of hydrogen-bond donors (Lipinski definition) is 1. The highest BCUT2D eigenvalue weighted by Gasteiger charge is 2.44. The second-order valence-electron chi connectivity index (χ2n) is 6.20. The van der Waals surface area contributed by atoms with Gasteiger partial charge in [0.15, 0.2) is 0 Å². The highest BCUT2D eigenvalue weighted by Crippen LogP contribution is 2.49. The van der Waals surface area contributed by atoms with Gasteiger partial charge in [-0.15, -0.1) is 0 Å². The molecule has 2 aliphatic rings. The fraction of sp³-hybridized carbons (Fsp3) is 0.588. The lowest BCUT2D eigenvalue weighted by Crippen LogP contribution is -2.27. The minimum atomic E-state index is 0.137. The Morgan fingerprint density at radius 1 is 1.25 bits per heavy atom. The summed E-state index contributed by atoms with van der Waals surface area (Å²) in [6.07, 6.45) is 7.53. The molecule has 108 valence electrons. The number of nitrogens with one attached hydrogen (secondary N) is 1. The van der Waals surface area contributed by atoms with E-state index < -0.39 is 0 Å². The van der Waals surface area contributed by atoms with Gasteiger partial charge >= 0.3 is 0 Å². The molecule has 0 aromatic heterocycles. The average Bonchev–Trinajstić information content (AvgIpc) is 3.07. The number of benzene rings is 1. The summed E-state index contributed by atoms with van der Waals surface area (Å²) in [6.45, 7) is 0.843. The van der Waals surface area contributed by atoms with Crippen molar-refractivity contribution >= 4 is 17.5 Å². The van der Waals surface area contributed by atoms with E-state index in [0.717, 1.165) is 35.9 Å². The number of hydrogen-bond acceptors (Lipinski definition) is 1. The quantitative estimate of drug-likeness (QED) is 0.868. The molecule has 2 unspecified atom stereocenters. The molecule has 1 aromatic rings. The van der Waals surface area contributed by atoms with Gasteiger partial charge in [0.05, 0.1) is 0 Å². The maximum absolute atomic E-state index is 12.1. The number of halogens is 1. The summed E-state index contributed by atoms with van der Waals surface area (Å²) in [5.41, 5.74) is 1.13. The van der Waals surface area contributed by atoms with E-state index in [2.05, 4.69) is 5.32 Å². The summed E-state index contributed by atoms with van der Waals surface area (Å²) >= 11 is 6.19. The van der Waals surface area contributed by atoms with Gasteiger partial charge in [-0.3, -0.25) is 4.79 Å². The first-order valence-corrected chi connectivity index (χ1v) is 8.15. The summed E-state index contributed by atoms with van der Waals surface area (Å²) in [4.78, 5) is 12.1. The predicted molar refractivity (Wildman–Crippen MR) is 81.9 cm³/mol. The third-order valence-electron chi connectivity index (χ3n) is 4.76. The first-order valence-electron chi connectivity index (χ1n) is 7.78. The number of carbonyl (C=O) groups excluding carboxylic acids is 1. The SMILES string of the molecule is O=C(NCCC1CCCC1)C1CC1c1ccccc1Cl. The van der Waals surface area contributed by atoms with E-state index in [4.69, 9.17) is 11.6 Å². The number of amides is 1. The molecule has 2 aliphatic carbocycles. The fourth-order valence-electron chi connectivity index (χ4n) is 3.43. The van der Waals surface area contributed by atoms with Gasteiger partial charge in [-0.2, -0.15) is 0 Å². The Morgan fingerprint density at radius 3 is 2.75 bits per heavy atom. The van der Waals surface area contributed by atoms with Crippen LogP contribution in [-0.4, -0.2) is 12.5 Å². The highest BCUT2D eigenvalue weighted by molar-refractivity contribution is 6.31. The van der Waals surface area contributed by atoms with Gasteiger partial charge in [0.1, 0.15) is 0 Å². The van der Waals surface area contributed by atoms with Crippen LogP contribution in [0.25, 0.3) is 0 Å². The summed E-state index contributed by atoms with van der Waals surface area (Å²) < 4.78 is 0. The van der Waals surface area contributed by atoms with Crippen LogP contribution in [0.3, 0.4) is 0 Å². The van der Waals surface area contributed by atoms with E-state index in [1.807, 2.05) is 24.3 Å². The first kappa shape index (κ1) is 13.9. The standard InChI is InChI=1S/C17H22ClNO/c18-16-8-4-3-7-13(16)14-11-15(14)17(20)19-10-9-12-5-1-2-6-12/h3-4,7-8,12,14-15H,1-2,5-6,9-11H2,(H,19,20). The van der Waals surface area contributed by atoms with Gasteiger partial charge < -0.3 is 5.32 Å². The van der Waals surface area contributed by atoms with Gasteiger partial charge in [-0.1, -0.05) is 55.5 Å². The average molecular weight is 292 g/mol. The van der Waals surface area contributed by atoms with E-state index in [9.17, 15) is 4.79 Å². The molecule has 3 heteroatoms. The van der Waals surface area contributed by atoms with Crippen molar-refractivity contribution in [1.29, 1.82) is 0 Å². The minimum absolute atomic E-state index is 0.137. The molecule has 0 aliphatic heterocycles. The summed E-state index contributed by atoms with van der Waals surface area (Å²) in [5.74, 6) is 1.52. The van der Waals surface area contributed by atoms with Crippen molar-refractivity contribution in [1.82, 2.24) is 5.32 Å². The van der Waals surface area contributed by atoms with Crippen LogP contribution in [0.2, 0.25) is 5.02 Å². The Labute approximate surface area is 125 Å². The summed E-state index contributed by atoms with van der Waals surface area (Å²) in [7, 11) is 0. The zero-order valence-electron chi connectivity index (χ0n) is 11.8. The second kappa shape index (κ2) is 6.17. The number of carbonyl (C=O) groups is 1. The lowest BCUT2D eigenvalue weighted by atomic mass is 10.0. The third kappa shape index (κ3) is 3.17. The normalized spacial score (nSPS) is 25.6. The van der Waals surface area contributed by atoms with Crippen LogP contribution in [0.5, 0.6) is 0 Å². The van der Waals surface area contributed by atoms with Crippen molar-refractivity contribution in [3.63, 3.8) is 0 Å². The Balaban J connectivity index is 1.44. The lowest BCUT2D eigenvalue weighted by molar-refractivity contribution is -0.122. The van der Waals surface area contributed by atoms with Crippen LogP contribution in [0, 0.1) is 11.8 Å². The molecule has 0 spiro atoms. The molecule has 1 N–H and O–H groups in total. The Morgan fingerprint density at radius 2 is 2.00 bits per heavy atom. The van der Waals surface area contributed by atoms with Crippen LogP contribution in [-0.2, 0) is 4.79 Å². The molecule has 1 aromatic carbocycles. The molecule has 3 rings (SSSR count). The van der Waals surface area contributed by atoms with Gasteiger partial charge in [0.25, 0.3) is 0 Å². The van der Waals surface area contributed by atoms with Crippen molar-refractivity contribution in [2.75, 3.05) is 6.54 Å². The molecule has 2 nitrogen and oxygen atoms in total. The third-order valence-corrected chi connectivity index (χ3v) is 5.10. The van der Waals surface area contributed by atoms with Gasteiger partial charge in [-0.25, -0.2) is 0 Å². The van der Waals surface area contributed by atoms with E-state index in [0.29, 0.717) is 5.92 Å². The molecule has 20 heavy (non-hydrogen) atoms. The molecule has 2 atom stereocenters. The molecular formula is C17H22ClNO. The molecule has 2 saturated carbocycles. The molecule has 0 saturated heterocycles. The van der Waals surface area contributed by atoms with Crippen LogP contribution in [0.4, 0.5) is 0 Å². The predicted octanol–water partition coefficient (Wildman–Crippen LogP) is 4.14. The van der Waals surface area contributed by atoms with Crippen molar-refractivity contribution in [2.45, 2.75) is 44.4 Å². The molecule has 0 bridgehead atoms. The van der Waals surface area contributed by atoms with E-state index in [-0.39, 0.29) is 11.8 Å². The maximum Gasteiger partial charge on any atom is 0.223 e. The summed E-state index contributed by atoms with van der Waals surface area (Å²) in [5, 5.41) is 3.90. The zero-order valence-corrected chi connectivity index (χ0v) is 12.5. The lowest BCUT2D eigenvalue weighted by Gasteiger charge is -2.10. The van der Waals surface area contributed by atoms with Crippen molar-refractivity contribution in [3.8, 4) is 0 Å². The van der Waals surface area contributed by atoms with Crippen LogP contribution >= 0.6 is 11.6 Å². The Bertz CT molecular complexity index is 482. The monoisotopic (exact) mass is 291 g/mol. The fourth-order valence-corrected chi connectivity index (χ4v) is 3.71. The first-order chi connectivity index (χ1) is 9.75. The van der Waals surface area contributed by atoms with Gasteiger partial charge in [0.2, 0.25) is 5.91 Å². The molecular weight excluding hydrogens is 270 g/mol. The maximum atomic E-state index is 12.1. The summed E-state index contributed by atoms with van der Waals surface area (Å²) in [6, 6.07) is 7.88. The van der Waals surface area contributed by atoms with E-state index in [1.54, 1.807) is 0 Å². The van der Waals surface area contributed by atoms with Crippen molar-refractivity contribution in [2.24, 2.45) is 11.8 Å². The van der Waals surface area contributed by atoms with Gasteiger partial charge in [-0.05, 0) is 36.3 Å². The number of rotatable bonds is 5. The largest absolute Gasteiger partial charge is 0.356 e. The highest BCUT2D eigenvalue weighted by atomic mass is 35.5. The molecule has 0 heterocycles. The van der Waals surface area contributed by atoms with Crippen molar-refractivity contribution < 1.29 is 4.79 Å². The minimum Gasteiger partial charge on any atom is -0.356 e. The van der Waals surface area contributed by atoms with Crippen LogP contribution in [0.1, 0.15) is 50.0 Å². The Kier molecular flexibility index (Phi) is 4.30. The Hall–Kier alpha value is -1.02. The molecule has 0 radical (unpaired) electrons. The smallest absolute Gasteiger partial charge is 0.223 e. The van der Waals surface area contributed by atoms with Gasteiger partial charge in [0, 0.05) is 17.5 Å².